The largest absolute Gasteiger partial charge is 0.456 e. The first kappa shape index (κ1) is 22.5. The zero-order chi connectivity index (χ0) is 23.7. The second kappa shape index (κ2) is 9.05. The Hall–Kier alpha value is -3.68. The third-order valence-electron chi connectivity index (χ3n) is 5.82. The van der Waals surface area contributed by atoms with Crippen LogP contribution >= 0.6 is 0 Å². The van der Waals surface area contributed by atoms with Crippen molar-refractivity contribution in [3.8, 4) is 0 Å². The average molecular weight is 450 g/mol. The highest BCUT2D eigenvalue weighted by molar-refractivity contribution is 6.02. The van der Waals surface area contributed by atoms with E-state index in [1.165, 1.54) is 6.33 Å². The number of aromatic nitrogens is 3. The van der Waals surface area contributed by atoms with Gasteiger partial charge in [-0.3, -0.25) is 19.0 Å². The van der Waals surface area contributed by atoms with Gasteiger partial charge in [0.25, 0.3) is 5.56 Å². The summed E-state index contributed by atoms with van der Waals surface area (Å²) in [5, 5.41) is 0.732. The minimum atomic E-state index is -0.698. The van der Waals surface area contributed by atoms with Gasteiger partial charge < -0.3 is 13.7 Å². The summed E-state index contributed by atoms with van der Waals surface area (Å²) >= 11 is 0. The number of hydrogen-bond donors (Lipinski definition) is 0. The van der Waals surface area contributed by atoms with Crippen molar-refractivity contribution in [2.24, 2.45) is 5.92 Å². The number of benzene rings is 1. The molecule has 3 heterocycles. The first-order valence-electron chi connectivity index (χ1n) is 11.0. The minimum Gasteiger partial charge on any atom is -0.456 e. The molecule has 0 fully saturated rings. The van der Waals surface area contributed by atoms with Gasteiger partial charge in [-0.25, -0.2) is 4.98 Å². The van der Waals surface area contributed by atoms with Crippen LogP contribution in [0.3, 0.4) is 0 Å². The van der Waals surface area contributed by atoms with Crippen LogP contribution in [-0.4, -0.2) is 32.5 Å². The van der Waals surface area contributed by atoms with Gasteiger partial charge in [-0.1, -0.05) is 26.0 Å². The predicted molar refractivity (Wildman–Crippen MR) is 124 cm³/mol. The maximum absolute atomic E-state index is 12.7. The summed E-state index contributed by atoms with van der Waals surface area (Å²) < 4.78 is 14.0. The van der Waals surface area contributed by atoms with Gasteiger partial charge in [-0.15, -0.1) is 0 Å². The fourth-order valence-electron chi connectivity index (χ4n) is 3.95. The van der Waals surface area contributed by atoms with E-state index >= 15 is 0 Å². The van der Waals surface area contributed by atoms with Gasteiger partial charge >= 0.3 is 5.97 Å². The van der Waals surface area contributed by atoms with E-state index in [1.54, 1.807) is 12.1 Å². The molecule has 0 unspecified atom stereocenters. The Kier molecular flexibility index (Phi) is 6.18. The number of carbonyl (C=O) groups is 2. The van der Waals surface area contributed by atoms with Crippen molar-refractivity contribution in [2.75, 3.05) is 6.61 Å². The molecule has 0 saturated carbocycles. The van der Waals surface area contributed by atoms with Crippen molar-refractivity contribution in [3.05, 3.63) is 64.0 Å². The maximum Gasteiger partial charge on any atom is 0.326 e. The zero-order valence-electron chi connectivity index (χ0n) is 19.3. The zero-order valence-corrected chi connectivity index (χ0v) is 19.3. The molecule has 1 aromatic carbocycles. The van der Waals surface area contributed by atoms with E-state index in [1.807, 2.05) is 32.0 Å². The van der Waals surface area contributed by atoms with Gasteiger partial charge in [-0.05, 0) is 44.4 Å². The maximum atomic E-state index is 12.7. The SMILES string of the molecule is Cc1cc(C(=O)COC(=O)Cn2cnc3c(oc4ccccc43)c2=O)c(C)n1CCC(C)C. The molecule has 0 bridgehead atoms. The topological polar surface area (TPSA) is 96.3 Å². The van der Waals surface area contributed by atoms with Gasteiger partial charge in [0.1, 0.15) is 17.6 Å². The number of furan rings is 1. The number of aryl methyl sites for hydroxylation is 1. The molecule has 0 aliphatic carbocycles. The quantitative estimate of drug-likeness (QED) is 0.298. The lowest BCUT2D eigenvalue weighted by Crippen LogP contribution is -2.26. The Morgan fingerprint density at radius 3 is 2.70 bits per heavy atom. The summed E-state index contributed by atoms with van der Waals surface area (Å²) in [6.07, 6.45) is 2.30. The highest BCUT2D eigenvalue weighted by Gasteiger charge is 2.19. The molecule has 3 aromatic heterocycles. The van der Waals surface area contributed by atoms with Crippen molar-refractivity contribution in [1.29, 1.82) is 0 Å². The summed E-state index contributed by atoms with van der Waals surface area (Å²) in [7, 11) is 0. The number of hydrogen-bond acceptors (Lipinski definition) is 6. The first-order chi connectivity index (χ1) is 15.8. The van der Waals surface area contributed by atoms with Crippen molar-refractivity contribution < 1.29 is 18.7 Å². The molecule has 0 atom stereocenters. The van der Waals surface area contributed by atoms with Gasteiger partial charge in [0.15, 0.2) is 6.61 Å². The molecule has 0 aliphatic heterocycles. The Labute approximate surface area is 190 Å². The molecule has 4 aromatic rings. The van der Waals surface area contributed by atoms with Crippen LogP contribution in [0, 0.1) is 19.8 Å². The van der Waals surface area contributed by atoms with Crippen molar-refractivity contribution in [3.63, 3.8) is 0 Å². The number of esters is 1. The van der Waals surface area contributed by atoms with E-state index in [-0.39, 0.29) is 24.5 Å². The Morgan fingerprint density at radius 1 is 1.18 bits per heavy atom. The molecular weight excluding hydrogens is 422 g/mol. The lowest BCUT2D eigenvalue weighted by Gasteiger charge is -2.11. The number of rotatable bonds is 8. The second-order valence-electron chi connectivity index (χ2n) is 8.66. The molecule has 0 N–H and O–H groups in total. The van der Waals surface area contributed by atoms with Crippen LogP contribution in [0.4, 0.5) is 0 Å². The molecule has 0 radical (unpaired) electrons. The first-order valence-corrected chi connectivity index (χ1v) is 11.0. The fraction of sp³-hybridized carbons (Fsp3) is 0.360. The molecule has 172 valence electrons. The summed E-state index contributed by atoms with van der Waals surface area (Å²) in [6, 6.07) is 9.04. The predicted octanol–water partition coefficient (Wildman–Crippen LogP) is 4.03. The smallest absolute Gasteiger partial charge is 0.326 e. The van der Waals surface area contributed by atoms with E-state index in [9.17, 15) is 14.4 Å². The lowest BCUT2D eigenvalue weighted by molar-refractivity contribution is -0.143. The highest BCUT2D eigenvalue weighted by Crippen LogP contribution is 2.24. The number of nitrogens with zero attached hydrogens (tertiary/aromatic N) is 3. The van der Waals surface area contributed by atoms with Crippen molar-refractivity contribution in [2.45, 2.75) is 47.2 Å². The van der Waals surface area contributed by atoms with Gasteiger partial charge in [0.2, 0.25) is 11.4 Å². The molecule has 33 heavy (non-hydrogen) atoms. The van der Waals surface area contributed by atoms with Gasteiger partial charge in [0.05, 0.1) is 6.33 Å². The number of ether oxygens (including phenoxy) is 1. The molecule has 0 aliphatic rings. The highest BCUT2D eigenvalue weighted by atomic mass is 16.5. The fourth-order valence-corrected chi connectivity index (χ4v) is 3.95. The molecule has 4 rings (SSSR count). The molecule has 0 amide bonds. The van der Waals surface area contributed by atoms with E-state index in [2.05, 4.69) is 23.4 Å². The van der Waals surface area contributed by atoms with Crippen LogP contribution in [0.5, 0.6) is 0 Å². The van der Waals surface area contributed by atoms with E-state index in [4.69, 9.17) is 9.15 Å². The normalized spacial score (nSPS) is 11.5. The lowest BCUT2D eigenvalue weighted by atomic mass is 10.1. The number of ketones is 1. The van der Waals surface area contributed by atoms with Crippen LogP contribution in [0.2, 0.25) is 0 Å². The summed E-state index contributed by atoms with van der Waals surface area (Å²) in [4.78, 5) is 42.0. The van der Waals surface area contributed by atoms with Crippen LogP contribution < -0.4 is 5.56 Å². The molecule has 0 spiro atoms. The van der Waals surface area contributed by atoms with Crippen LogP contribution in [0.1, 0.15) is 42.0 Å². The number of carbonyl (C=O) groups excluding carboxylic acids is 2. The van der Waals surface area contributed by atoms with Crippen molar-refractivity contribution >= 4 is 33.8 Å². The van der Waals surface area contributed by atoms with Gasteiger partial charge in [-0.2, -0.15) is 0 Å². The standard InChI is InChI=1S/C25H27N3O5/c1-15(2)9-10-28-16(3)11-19(17(28)4)20(29)13-32-22(30)12-27-14-26-23-18-7-5-6-8-21(18)33-24(23)25(27)31/h5-8,11,14-15H,9-10,12-13H2,1-4H3. The number of para-hydroxylation sites is 1. The van der Waals surface area contributed by atoms with Crippen LogP contribution in [-0.2, 0) is 22.6 Å². The third kappa shape index (κ3) is 4.46. The summed E-state index contributed by atoms with van der Waals surface area (Å²) in [5.74, 6) is -0.412. The minimum absolute atomic E-state index is 0.0800. The van der Waals surface area contributed by atoms with Crippen molar-refractivity contribution in [1.82, 2.24) is 14.1 Å². The monoisotopic (exact) mass is 449 g/mol. The molecule has 0 saturated heterocycles. The van der Waals surface area contributed by atoms with Crippen LogP contribution in [0.25, 0.3) is 22.1 Å². The van der Waals surface area contributed by atoms with E-state index in [0.717, 1.165) is 34.3 Å². The third-order valence-corrected chi connectivity index (χ3v) is 5.82. The number of Topliss-reactive ketones (excluding diaryl/α,β-unsaturated/α-hetero) is 1. The average Bonchev–Trinajstić information content (AvgIpc) is 3.30. The Bertz CT molecular complexity index is 1410. The summed E-state index contributed by atoms with van der Waals surface area (Å²) in [5.41, 5.74) is 3.01. The van der Waals surface area contributed by atoms with E-state index < -0.39 is 11.5 Å². The van der Waals surface area contributed by atoms with Gasteiger partial charge in [0, 0.05) is 28.9 Å². The molecular formula is C25H27N3O5. The number of fused-ring (bicyclic) bond motifs is 3. The Morgan fingerprint density at radius 2 is 1.94 bits per heavy atom. The Balaban J connectivity index is 1.43. The molecule has 8 nitrogen and oxygen atoms in total. The second-order valence-corrected chi connectivity index (χ2v) is 8.66. The van der Waals surface area contributed by atoms with E-state index in [0.29, 0.717) is 22.6 Å². The molecule has 8 heteroatoms. The summed E-state index contributed by atoms with van der Waals surface area (Å²) in [6.45, 7) is 8.27. The van der Waals surface area contributed by atoms with Crippen LogP contribution in [0.15, 0.2) is 45.9 Å².